The van der Waals surface area contributed by atoms with Crippen LogP contribution in [0.25, 0.3) is 16.6 Å². The van der Waals surface area contributed by atoms with Gasteiger partial charge in [0.25, 0.3) is 0 Å². The van der Waals surface area contributed by atoms with Gasteiger partial charge in [0.2, 0.25) is 5.88 Å². The molecule has 188 valence electrons. The molecule has 0 atom stereocenters. The van der Waals surface area contributed by atoms with Crippen molar-refractivity contribution in [3.05, 3.63) is 116 Å². The van der Waals surface area contributed by atoms with Crippen LogP contribution in [0.15, 0.2) is 71.9 Å². The number of benzene rings is 2. The Hall–Kier alpha value is -4.74. The number of para-hydroxylation sites is 1. The van der Waals surface area contributed by atoms with Crippen molar-refractivity contribution in [1.29, 1.82) is 0 Å². The van der Waals surface area contributed by atoms with Crippen LogP contribution in [0.4, 0.5) is 0 Å². The number of halogens is 1. The number of nitrogens with one attached hydrogen (secondary N) is 2. The molecule has 38 heavy (non-hydrogen) atoms. The fourth-order valence-electron chi connectivity index (χ4n) is 4.72. The third-order valence-corrected chi connectivity index (χ3v) is 7.11. The van der Waals surface area contributed by atoms with Crippen molar-refractivity contribution in [3.8, 4) is 17.7 Å². The molecule has 0 spiro atoms. The number of H-pyrrole nitrogens is 2. The van der Waals surface area contributed by atoms with Gasteiger partial charge in [0.1, 0.15) is 5.69 Å². The molecule has 0 unspecified atom stereocenters. The van der Waals surface area contributed by atoms with Crippen LogP contribution < -0.4 is 5.69 Å². The van der Waals surface area contributed by atoms with Crippen LogP contribution in [-0.2, 0) is 19.4 Å². The van der Waals surface area contributed by atoms with Crippen LogP contribution in [0.2, 0.25) is 5.02 Å². The number of aromatic hydroxyl groups is 1. The molecule has 4 aromatic heterocycles. The first kappa shape index (κ1) is 23.6. The van der Waals surface area contributed by atoms with Crippen LogP contribution in [0, 0.1) is 18.8 Å². The number of aromatic nitrogens is 6. The van der Waals surface area contributed by atoms with Crippen molar-refractivity contribution in [2.24, 2.45) is 0 Å². The van der Waals surface area contributed by atoms with Crippen LogP contribution >= 0.6 is 11.6 Å². The number of hydrogen-bond acceptors (Lipinski definition) is 4. The van der Waals surface area contributed by atoms with Crippen LogP contribution in [-0.4, -0.2) is 34.2 Å². The lowest BCUT2D eigenvalue weighted by atomic mass is 10.00. The molecular formula is C29H23ClN6O2. The molecule has 0 bridgehead atoms. The van der Waals surface area contributed by atoms with Gasteiger partial charge in [-0.3, -0.25) is 4.57 Å². The molecule has 9 heteroatoms. The fourth-order valence-corrected chi connectivity index (χ4v) is 4.95. The molecule has 8 nitrogen and oxygen atoms in total. The quantitative estimate of drug-likeness (QED) is 0.288. The molecule has 0 fully saturated rings. The van der Waals surface area contributed by atoms with Gasteiger partial charge in [-0.15, -0.1) is 0 Å². The highest BCUT2D eigenvalue weighted by atomic mass is 35.5. The van der Waals surface area contributed by atoms with Gasteiger partial charge in [-0.25, -0.2) is 14.3 Å². The molecule has 4 heterocycles. The summed E-state index contributed by atoms with van der Waals surface area (Å²) in [7, 11) is 0. The van der Waals surface area contributed by atoms with Gasteiger partial charge in [-0.05, 0) is 60.2 Å². The van der Waals surface area contributed by atoms with Crippen molar-refractivity contribution in [2.45, 2.75) is 26.3 Å². The highest BCUT2D eigenvalue weighted by molar-refractivity contribution is 6.35. The Morgan fingerprint density at radius 1 is 1.08 bits per heavy atom. The lowest BCUT2D eigenvalue weighted by Crippen LogP contribution is -2.18. The van der Waals surface area contributed by atoms with E-state index in [-0.39, 0.29) is 11.6 Å². The van der Waals surface area contributed by atoms with E-state index in [1.165, 1.54) is 4.57 Å². The smallest absolute Gasteiger partial charge is 0.328 e. The van der Waals surface area contributed by atoms with Crippen molar-refractivity contribution >= 4 is 28.2 Å². The second kappa shape index (κ2) is 9.61. The van der Waals surface area contributed by atoms with E-state index >= 15 is 0 Å². The van der Waals surface area contributed by atoms with Gasteiger partial charge in [0, 0.05) is 36.3 Å². The average Bonchev–Trinajstić information content (AvgIpc) is 3.60. The van der Waals surface area contributed by atoms with E-state index in [0.29, 0.717) is 35.8 Å². The fraction of sp³-hybridized carbons (Fsp3) is 0.138. The van der Waals surface area contributed by atoms with E-state index in [4.69, 9.17) is 11.6 Å². The second-order valence-electron chi connectivity index (χ2n) is 9.06. The molecule has 2 aromatic carbocycles. The van der Waals surface area contributed by atoms with Crippen LogP contribution in [0.3, 0.4) is 0 Å². The summed E-state index contributed by atoms with van der Waals surface area (Å²) in [5.41, 5.74) is 6.31. The number of hydrogen-bond donors (Lipinski definition) is 3. The summed E-state index contributed by atoms with van der Waals surface area (Å²) >= 11 is 6.27. The molecule has 0 aliphatic heterocycles. The third kappa shape index (κ3) is 4.23. The van der Waals surface area contributed by atoms with Gasteiger partial charge >= 0.3 is 5.69 Å². The Morgan fingerprint density at radius 3 is 2.84 bits per heavy atom. The maximum absolute atomic E-state index is 12.7. The van der Waals surface area contributed by atoms with Gasteiger partial charge in [0.05, 0.1) is 22.4 Å². The van der Waals surface area contributed by atoms with Crippen LogP contribution in [0.5, 0.6) is 5.88 Å². The molecule has 6 aromatic rings. The predicted octanol–water partition coefficient (Wildman–Crippen LogP) is 4.60. The third-order valence-electron chi connectivity index (χ3n) is 6.80. The predicted molar refractivity (Wildman–Crippen MR) is 147 cm³/mol. The van der Waals surface area contributed by atoms with Gasteiger partial charge in [0.15, 0.2) is 5.65 Å². The average molecular weight is 523 g/mol. The Bertz CT molecular complexity index is 1930. The summed E-state index contributed by atoms with van der Waals surface area (Å²) in [4.78, 5) is 23.0. The Balaban J connectivity index is 1.22. The molecule has 0 aliphatic carbocycles. The van der Waals surface area contributed by atoms with Crippen molar-refractivity contribution < 1.29 is 5.11 Å². The van der Waals surface area contributed by atoms with Gasteiger partial charge in [-0.1, -0.05) is 41.8 Å². The summed E-state index contributed by atoms with van der Waals surface area (Å²) in [6, 6.07) is 15.3. The Morgan fingerprint density at radius 2 is 1.95 bits per heavy atom. The summed E-state index contributed by atoms with van der Waals surface area (Å²) in [5.74, 6) is 6.33. The molecule has 3 N–H and O–H groups in total. The molecule has 0 aliphatic rings. The van der Waals surface area contributed by atoms with E-state index in [0.717, 1.165) is 38.8 Å². The normalized spacial score (nSPS) is 11.2. The number of aryl methyl sites for hydroxylation is 1. The molecule has 0 saturated heterocycles. The summed E-state index contributed by atoms with van der Waals surface area (Å²) in [6.45, 7) is 2.34. The van der Waals surface area contributed by atoms with Crippen molar-refractivity contribution in [1.82, 2.24) is 29.1 Å². The highest BCUT2D eigenvalue weighted by Gasteiger charge is 2.16. The van der Waals surface area contributed by atoms with Crippen molar-refractivity contribution in [3.63, 3.8) is 0 Å². The number of aromatic amines is 2. The largest absolute Gasteiger partial charge is 0.493 e. The van der Waals surface area contributed by atoms with E-state index in [1.807, 2.05) is 61.7 Å². The molecule has 6 rings (SSSR count). The standard InChI is InChI=1S/C29H23ClN6O2/c1-18-19(10-11-22-17-31-26-9-4-13-33-36(22)26)5-2-6-20(18)12-14-35-28(37)25(34-29(35)38)15-21-16-32-27-23(21)7-3-8-24(27)30/h2-9,13,16-17,32,37H,12,14-15H2,1H3,(H,34,38). The molecular weight excluding hydrogens is 500 g/mol. The minimum Gasteiger partial charge on any atom is -0.493 e. The lowest BCUT2D eigenvalue weighted by Gasteiger charge is -2.09. The monoisotopic (exact) mass is 522 g/mol. The maximum atomic E-state index is 12.7. The molecule has 0 saturated carbocycles. The minimum atomic E-state index is -0.343. The zero-order chi connectivity index (χ0) is 26.2. The first-order chi connectivity index (χ1) is 18.5. The summed E-state index contributed by atoms with van der Waals surface area (Å²) in [5, 5.41) is 16.8. The second-order valence-corrected chi connectivity index (χ2v) is 9.47. The minimum absolute atomic E-state index is 0.0555. The zero-order valence-corrected chi connectivity index (χ0v) is 21.3. The van der Waals surface area contributed by atoms with E-state index in [9.17, 15) is 9.90 Å². The maximum Gasteiger partial charge on any atom is 0.328 e. The Labute approximate surface area is 222 Å². The van der Waals surface area contributed by atoms with E-state index in [1.54, 1.807) is 16.9 Å². The van der Waals surface area contributed by atoms with Crippen LogP contribution in [0.1, 0.15) is 33.6 Å². The number of rotatable bonds is 5. The number of nitrogens with zero attached hydrogens (tertiary/aromatic N) is 4. The SMILES string of the molecule is Cc1c(C#Cc2cnc3cccnn23)cccc1CCn1c(O)c(Cc2c[nH]c3c(Cl)cccc23)[nH]c1=O. The topological polar surface area (TPSA) is 104 Å². The van der Waals surface area contributed by atoms with E-state index < -0.39 is 0 Å². The van der Waals surface area contributed by atoms with Crippen molar-refractivity contribution in [2.75, 3.05) is 0 Å². The van der Waals surface area contributed by atoms with Gasteiger partial charge < -0.3 is 15.1 Å². The lowest BCUT2D eigenvalue weighted by molar-refractivity contribution is 0.409. The summed E-state index contributed by atoms with van der Waals surface area (Å²) < 4.78 is 3.08. The van der Waals surface area contributed by atoms with E-state index in [2.05, 4.69) is 31.9 Å². The number of imidazole rings is 2. The zero-order valence-electron chi connectivity index (χ0n) is 20.5. The number of fused-ring (bicyclic) bond motifs is 2. The first-order valence-corrected chi connectivity index (χ1v) is 12.5. The highest BCUT2D eigenvalue weighted by Crippen LogP contribution is 2.28. The molecule has 0 radical (unpaired) electrons. The molecule has 0 amide bonds. The van der Waals surface area contributed by atoms with Gasteiger partial charge in [-0.2, -0.15) is 5.10 Å². The first-order valence-electron chi connectivity index (χ1n) is 12.1. The Kier molecular flexibility index (Phi) is 5.98. The summed E-state index contributed by atoms with van der Waals surface area (Å²) in [6.07, 6.45) is 6.19.